The molecule has 9 nitrogen and oxygen atoms in total. The molecule has 3 heterocycles. The van der Waals surface area contributed by atoms with Crippen molar-refractivity contribution in [3.05, 3.63) is 78.0 Å². The van der Waals surface area contributed by atoms with Gasteiger partial charge >= 0.3 is 5.97 Å². The fourth-order valence-corrected chi connectivity index (χ4v) is 5.97. The summed E-state index contributed by atoms with van der Waals surface area (Å²) in [6.45, 7) is 11.3. The van der Waals surface area contributed by atoms with E-state index in [-0.39, 0.29) is 0 Å². The molecule has 0 unspecified atom stereocenters. The third kappa shape index (κ3) is 8.40. The van der Waals surface area contributed by atoms with Crippen molar-refractivity contribution in [2.24, 2.45) is 4.99 Å². The Hall–Kier alpha value is -3.86. The quantitative estimate of drug-likeness (QED) is 0.162. The number of carbonyl (C=O) groups is 1. The number of fused-ring (bicyclic) bond motifs is 2. The highest BCUT2D eigenvalue weighted by molar-refractivity contribution is 7.99. The van der Waals surface area contributed by atoms with Gasteiger partial charge in [0, 0.05) is 60.4 Å². The fraction of sp³-hybridized carbons (Fsp3) is 0.382. The normalized spacial score (nSPS) is 15.3. The van der Waals surface area contributed by atoms with E-state index in [1.165, 1.54) is 21.4 Å². The van der Waals surface area contributed by atoms with Gasteiger partial charge in [-0.05, 0) is 51.1 Å². The number of piperazine rings is 1. The second kappa shape index (κ2) is 14.7. The molecule has 0 radical (unpaired) electrons. The first-order chi connectivity index (χ1) is 21.3. The molecule has 3 aromatic rings. The van der Waals surface area contributed by atoms with Gasteiger partial charge in [0.15, 0.2) is 0 Å². The van der Waals surface area contributed by atoms with Crippen LogP contribution in [-0.4, -0.2) is 91.8 Å². The van der Waals surface area contributed by atoms with Crippen molar-refractivity contribution >= 4 is 35.3 Å². The number of ether oxygens (including phenoxy) is 4. The third-order valence-electron chi connectivity index (χ3n) is 7.06. The molecule has 10 heteroatoms. The molecule has 2 aliphatic rings. The van der Waals surface area contributed by atoms with Crippen LogP contribution in [0.2, 0.25) is 0 Å². The van der Waals surface area contributed by atoms with E-state index < -0.39 is 11.6 Å². The minimum Gasteiger partial charge on any atom is -0.496 e. The number of methoxy groups -OCH3 is 1. The maximum atomic E-state index is 12.2. The Balaban J connectivity index is 1.08. The summed E-state index contributed by atoms with van der Waals surface area (Å²) in [5, 5.41) is 0. The number of pyridine rings is 1. The molecular weight excluding hydrogens is 576 g/mol. The average molecular weight is 617 g/mol. The molecule has 0 atom stereocenters. The van der Waals surface area contributed by atoms with Gasteiger partial charge in [0.05, 0.1) is 31.6 Å². The smallest absolute Gasteiger partial charge is 0.331 e. The highest BCUT2D eigenvalue weighted by Gasteiger charge is 2.25. The summed E-state index contributed by atoms with van der Waals surface area (Å²) in [6.07, 6.45) is 4.57. The maximum absolute atomic E-state index is 12.2. The van der Waals surface area contributed by atoms with E-state index >= 15 is 0 Å². The highest BCUT2D eigenvalue weighted by Crippen LogP contribution is 2.40. The van der Waals surface area contributed by atoms with Crippen LogP contribution in [0, 0.1) is 0 Å². The minimum absolute atomic E-state index is 0.319. The SMILES string of the molecule is COc1ccnc(OCCOCCN2CCN(C3=Nc4ccccc4Sc4ccccc43)CC2)c1/C=C/C(=O)OC(C)(C)C. The number of rotatable bonds is 10. The molecule has 0 N–H and O–H groups in total. The van der Waals surface area contributed by atoms with Crippen molar-refractivity contribution < 1.29 is 23.7 Å². The van der Waals surface area contributed by atoms with Crippen LogP contribution in [0.1, 0.15) is 31.9 Å². The van der Waals surface area contributed by atoms with E-state index in [1.54, 1.807) is 37.2 Å². The van der Waals surface area contributed by atoms with Gasteiger partial charge in [-0.15, -0.1) is 0 Å². The van der Waals surface area contributed by atoms with Crippen LogP contribution in [0.15, 0.2) is 81.7 Å². The predicted octanol–water partition coefficient (Wildman–Crippen LogP) is 5.70. The lowest BCUT2D eigenvalue weighted by Gasteiger charge is -2.36. The van der Waals surface area contributed by atoms with Gasteiger partial charge in [-0.1, -0.05) is 42.1 Å². The number of aromatic nitrogens is 1. The van der Waals surface area contributed by atoms with E-state index in [4.69, 9.17) is 23.9 Å². The highest BCUT2D eigenvalue weighted by atomic mass is 32.2. The number of hydrogen-bond donors (Lipinski definition) is 0. The zero-order valence-corrected chi connectivity index (χ0v) is 26.6. The average Bonchev–Trinajstić information content (AvgIpc) is 3.18. The van der Waals surface area contributed by atoms with E-state index in [9.17, 15) is 4.79 Å². The van der Waals surface area contributed by atoms with Crippen molar-refractivity contribution in [1.29, 1.82) is 0 Å². The van der Waals surface area contributed by atoms with Crippen LogP contribution in [0.25, 0.3) is 6.08 Å². The van der Waals surface area contributed by atoms with Crippen LogP contribution in [0.5, 0.6) is 11.6 Å². The van der Waals surface area contributed by atoms with Gasteiger partial charge in [0.2, 0.25) is 5.88 Å². The number of aliphatic imine (C=N–C) groups is 1. The van der Waals surface area contributed by atoms with Crippen LogP contribution in [0.3, 0.4) is 0 Å². The third-order valence-corrected chi connectivity index (χ3v) is 8.20. The van der Waals surface area contributed by atoms with Crippen molar-refractivity contribution in [3.63, 3.8) is 0 Å². The zero-order chi connectivity index (χ0) is 30.9. The summed E-state index contributed by atoms with van der Waals surface area (Å²) in [6, 6.07) is 18.6. The molecule has 5 rings (SSSR count). The van der Waals surface area contributed by atoms with Crippen molar-refractivity contribution in [2.45, 2.75) is 36.2 Å². The Labute approximate surface area is 263 Å². The summed E-state index contributed by atoms with van der Waals surface area (Å²) in [4.78, 5) is 28.9. The number of esters is 1. The summed E-state index contributed by atoms with van der Waals surface area (Å²) < 4.78 is 22.6. The van der Waals surface area contributed by atoms with Gasteiger partial charge in [-0.3, -0.25) is 4.90 Å². The first-order valence-corrected chi connectivity index (χ1v) is 15.7. The second-order valence-corrected chi connectivity index (χ2v) is 12.5. The molecule has 232 valence electrons. The first kappa shape index (κ1) is 31.6. The van der Waals surface area contributed by atoms with Gasteiger partial charge in [0.1, 0.15) is 23.8 Å². The Morgan fingerprint density at radius 3 is 2.48 bits per heavy atom. The Kier molecular flexibility index (Phi) is 10.6. The molecule has 0 bridgehead atoms. The first-order valence-electron chi connectivity index (χ1n) is 14.9. The summed E-state index contributed by atoms with van der Waals surface area (Å²) in [5.41, 5.74) is 2.21. The maximum Gasteiger partial charge on any atom is 0.331 e. The van der Waals surface area contributed by atoms with E-state index in [1.807, 2.05) is 20.8 Å². The number of para-hydroxylation sites is 1. The Bertz CT molecular complexity index is 1490. The van der Waals surface area contributed by atoms with Gasteiger partial charge in [0.25, 0.3) is 0 Å². The Morgan fingerprint density at radius 2 is 1.70 bits per heavy atom. The molecule has 1 aromatic heterocycles. The predicted molar refractivity (Wildman–Crippen MR) is 173 cm³/mol. The number of carbonyl (C=O) groups excluding carboxylic acids is 1. The van der Waals surface area contributed by atoms with E-state index in [2.05, 4.69) is 63.3 Å². The number of hydrogen-bond acceptors (Lipinski definition) is 10. The molecule has 1 saturated heterocycles. The van der Waals surface area contributed by atoms with Gasteiger partial charge < -0.3 is 23.8 Å². The van der Waals surface area contributed by atoms with Gasteiger partial charge in [-0.2, -0.15) is 0 Å². The summed E-state index contributed by atoms with van der Waals surface area (Å²) >= 11 is 1.78. The molecule has 1 fully saturated rings. The number of benzene rings is 2. The van der Waals surface area contributed by atoms with Crippen LogP contribution >= 0.6 is 11.8 Å². The zero-order valence-electron chi connectivity index (χ0n) is 25.8. The molecule has 44 heavy (non-hydrogen) atoms. The summed E-state index contributed by atoms with van der Waals surface area (Å²) in [5.74, 6) is 1.52. The topological polar surface area (TPSA) is 85.7 Å². The monoisotopic (exact) mass is 616 g/mol. The lowest BCUT2D eigenvalue weighted by molar-refractivity contribution is -0.148. The molecule has 0 spiro atoms. The van der Waals surface area contributed by atoms with Crippen LogP contribution in [-0.2, 0) is 14.3 Å². The van der Waals surface area contributed by atoms with E-state index in [0.717, 1.165) is 44.2 Å². The van der Waals surface area contributed by atoms with Crippen molar-refractivity contribution in [1.82, 2.24) is 14.8 Å². The largest absolute Gasteiger partial charge is 0.496 e. The van der Waals surface area contributed by atoms with E-state index in [0.29, 0.717) is 37.0 Å². The fourth-order valence-electron chi connectivity index (χ4n) is 4.96. The lowest BCUT2D eigenvalue weighted by Crippen LogP contribution is -2.49. The van der Waals surface area contributed by atoms with Gasteiger partial charge in [-0.25, -0.2) is 14.8 Å². The molecule has 2 aromatic carbocycles. The molecule has 0 saturated carbocycles. The standard InChI is InChI=1S/C34H40N4O5S/c1-34(2,3)43-31(39)14-13-25-28(40-4)15-16-35-33(25)42-24-23-41-22-21-37-17-19-38(20-18-37)32-26-9-5-7-11-29(26)44-30-12-8-6-10-27(30)36-32/h5-16H,17-24H2,1-4H3/b14-13+. The van der Waals surface area contributed by atoms with Crippen molar-refractivity contribution in [2.75, 3.05) is 59.7 Å². The lowest BCUT2D eigenvalue weighted by atomic mass is 10.1. The number of nitrogens with zero attached hydrogens (tertiary/aromatic N) is 4. The van der Waals surface area contributed by atoms with Crippen LogP contribution < -0.4 is 9.47 Å². The molecular formula is C34H40N4O5S. The minimum atomic E-state index is -0.577. The summed E-state index contributed by atoms with van der Waals surface area (Å²) in [7, 11) is 1.56. The van der Waals surface area contributed by atoms with Crippen molar-refractivity contribution in [3.8, 4) is 11.6 Å². The molecule has 2 aliphatic heterocycles. The molecule has 0 amide bonds. The van der Waals surface area contributed by atoms with Crippen LogP contribution in [0.4, 0.5) is 5.69 Å². The second-order valence-electron chi connectivity index (χ2n) is 11.4. The Morgan fingerprint density at radius 1 is 0.955 bits per heavy atom. The molecule has 0 aliphatic carbocycles. The number of amidine groups is 1.